The van der Waals surface area contributed by atoms with E-state index in [1.807, 2.05) is 0 Å². The highest BCUT2D eigenvalue weighted by Crippen LogP contribution is 2.24. The minimum atomic E-state index is -0.310. The summed E-state index contributed by atoms with van der Waals surface area (Å²) in [7, 11) is 0. The highest BCUT2D eigenvalue weighted by molar-refractivity contribution is 8.00. The molecule has 0 aliphatic heterocycles. The molecule has 0 aromatic carbocycles. The van der Waals surface area contributed by atoms with Crippen molar-refractivity contribution in [3.63, 3.8) is 0 Å². The van der Waals surface area contributed by atoms with Crippen LogP contribution in [0.4, 0.5) is 0 Å². The smallest absolute Gasteiger partial charge is 0.0552 e. The van der Waals surface area contributed by atoms with Crippen molar-refractivity contribution in [2.75, 3.05) is 0 Å². The van der Waals surface area contributed by atoms with Gasteiger partial charge in [-0.3, -0.25) is 0 Å². The molecule has 0 N–H and O–H groups in total. The van der Waals surface area contributed by atoms with Crippen molar-refractivity contribution >= 4 is 25.3 Å². The summed E-state index contributed by atoms with van der Waals surface area (Å²) in [6.45, 7) is 5.95. The summed E-state index contributed by atoms with van der Waals surface area (Å²) in [6.07, 6.45) is 4.69. The minimum absolute atomic E-state index is 0.310. The topological polar surface area (TPSA) is 0 Å². The first-order valence-corrected chi connectivity index (χ1v) is 4.26. The molecule has 0 heterocycles. The molecule has 9 heavy (non-hydrogen) atoms. The van der Waals surface area contributed by atoms with Gasteiger partial charge in [0.05, 0.1) is 4.08 Å². The van der Waals surface area contributed by atoms with Crippen LogP contribution >= 0.6 is 25.3 Å². The molecule has 0 nitrogen and oxygen atoms in total. The standard InChI is InChI=1S/C7H15S2/c1-3-4-5-6-7(2,8)9/h8-9H,2-6H2,1H3. The van der Waals surface area contributed by atoms with Crippen LogP contribution in [0.15, 0.2) is 0 Å². The first kappa shape index (κ1) is 9.70. The maximum absolute atomic E-state index is 4.18. The fraction of sp³-hybridized carbons (Fsp3) is 0.857. The Morgan fingerprint density at radius 1 is 1.33 bits per heavy atom. The van der Waals surface area contributed by atoms with Gasteiger partial charge in [-0.1, -0.05) is 26.2 Å². The summed E-state index contributed by atoms with van der Waals surface area (Å²) in [4.78, 5) is 0. The summed E-state index contributed by atoms with van der Waals surface area (Å²) < 4.78 is -0.310. The fourth-order valence-corrected chi connectivity index (χ4v) is 0.974. The summed E-state index contributed by atoms with van der Waals surface area (Å²) in [6, 6.07) is 0. The van der Waals surface area contributed by atoms with Crippen molar-refractivity contribution < 1.29 is 0 Å². The van der Waals surface area contributed by atoms with E-state index in [-0.39, 0.29) is 4.08 Å². The van der Waals surface area contributed by atoms with E-state index in [0.717, 1.165) is 6.42 Å². The molecule has 0 saturated heterocycles. The van der Waals surface area contributed by atoms with Crippen LogP contribution in [-0.4, -0.2) is 4.08 Å². The zero-order valence-corrected chi connectivity index (χ0v) is 7.72. The second kappa shape index (κ2) is 4.51. The lowest BCUT2D eigenvalue weighted by molar-refractivity contribution is 0.667. The minimum Gasteiger partial charge on any atom is -0.162 e. The third kappa shape index (κ3) is 8.70. The Kier molecular flexibility index (Phi) is 4.86. The van der Waals surface area contributed by atoms with E-state index in [2.05, 4.69) is 39.1 Å². The van der Waals surface area contributed by atoms with Gasteiger partial charge in [-0.15, -0.1) is 0 Å². The zero-order chi connectivity index (χ0) is 7.33. The lowest BCUT2D eigenvalue weighted by atomic mass is 10.2. The third-order valence-electron chi connectivity index (χ3n) is 1.18. The first-order chi connectivity index (χ1) is 4.06. The number of rotatable bonds is 4. The van der Waals surface area contributed by atoms with E-state index in [1.54, 1.807) is 0 Å². The lowest BCUT2D eigenvalue weighted by Gasteiger charge is -2.14. The van der Waals surface area contributed by atoms with Gasteiger partial charge in [0.15, 0.2) is 0 Å². The molecule has 0 aliphatic carbocycles. The molecule has 0 unspecified atom stereocenters. The maximum atomic E-state index is 4.18. The first-order valence-electron chi connectivity index (χ1n) is 3.36. The van der Waals surface area contributed by atoms with E-state index in [0.29, 0.717) is 0 Å². The predicted octanol–water partition coefficient (Wildman–Crippen LogP) is 2.96. The average Bonchev–Trinajstić information content (AvgIpc) is 1.63. The van der Waals surface area contributed by atoms with Crippen molar-refractivity contribution in [2.24, 2.45) is 0 Å². The zero-order valence-electron chi connectivity index (χ0n) is 5.93. The van der Waals surface area contributed by atoms with Crippen molar-refractivity contribution in [1.29, 1.82) is 0 Å². The fourth-order valence-electron chi connectivity index (χ4n) is 0.658. The van der Waals surface area contributed by atoms with Gasteiger partial charge < -0.3 is 0 Å². The molecule has 55 valence electrons. The van der Waals surface area contributed by atoms with E-state index in [1.165, 1.54) is 19.3 Å². The van der Waals surface area contributed by atoms with Crippen LogP contribution in [0.2, 0.25) is 0 Å². The molecule has 0 atom stereocenters. The Morgan fingerprint density at radius 2 is 1.89 bits per heavy atom. The summed E-state index contributed by atoms with van der Waals surface area (Å²) in [5.41, 5.74) is 0. The van der Waals surface area contributed by atoms with E-state index < -0.39 is 0 Å². The molecule has 1 radical (unpaired) electrons. The molecule has 0 saturated carbocycles. The van der Waals surface area contributed by atoms with Crippen LogP contribution in [0.5, 0.6) is 0 Å². The molecule has 0 bridgehead atoms. The molecule has 0 rings (SSSR count). The second-order valence-corrected chi connectivity index (χ2v) is 4.50. The molecule has 0 fully saturated rings. The van der Waals surface area contributed by atoms with Crippen LogP contribution in [0.3, 0.4) is 0 Å². The molecule has 2 heteroatoms. The van der Waals surface area contributed by atoms with Crippen molar-refractivity contribution in [1.82, 2.24) is 0 Å². The van der Waals surface area contributed by atoms with Gasteiger partial charge in [-0.25, -0.2) is 0 Å². The Morgan fingerprint density at radius 3 is 2.22 bits per heavy atom. The molecule has 0 spiro atoms. The lowest BCUT2D eigenvalue weighted by Crippen LogP contribution is -2.05. The summed E-state index contributed by atoms with van der Waals surface area (Å²) in [5, 5.41) is 0. The van der Waals surface area contributed by atoms with Crippen LogP contribution in [0.25, 0.3) is 0 Å². The van der Waals surface area contributed by atoms with E-state index >= 15 is 0 Å². The van der Waals surface area contributed by atoms with Crippen molar-refractivity contribution in [2.45, 2.75) is 36.7 Å². The molecule has 0 aromatic heterocycles. The van der Waals surface area contributed by atoms with Crippen LogP contribution in [0.1, 0.15) is 32.6 Å². The predicted molar refractivity (Wildman–Crippen MR) is 50.2 cm³/mol. The largest absolute Gasteiger partial charge is 0.162 e. The number of hydrogen-bond donors (Lipinski definition) is 2. The Bertz CT molecular complexity index is 63.8. The molecule has 0 aliphatic rings. The average molecular weight is 163 g/mol. The highest BCUT2D eigenvalue weighted by atomic mass is 32.2. The Hall–Kier alpha value is 0.700. The van der Waals surface area contributed by atoms with Crippen molar-refractivity contribution in [3.05, 3.63) is 6.92 Å². The Labute approximate surface area is 69.2 Å². The van der Waals surface area contributed by atoms with Crippen LogP contribution in [0, 0.1) is 6.92 Å². The van der Waals surface area contributed by atoms with Gasteiger partial charge in [-0.05, 0) is 13.3 Å². The van der Waals surface area contributed by atoms with Crippen LogP contribution < -0.4 is 0 Å². The molecular formula is C7H15S2. The quantitative estimate of drug-likeness (QED) is 0.355. The van der Waals surface area contributed by atoms with Gasteiger partial charge in [0, 0.05) is 0 Å². The monoisotopic (exact) mass is 163 g/mol. The maximum Gasteiger partial charge on any atom is 0.0552 e. The molecule has 0 aromatic rings. The van der Waals surface area contributed by atoms with Gasteiger partial charge >= 0.3 is 0 Å². The normalized spacial score (nSPS) is 12.0. The Balaban J connectivity index is 3.07. The SMILES string of the molecule is [CH2]C(S)(S)CCCCC. The van der Waals surface area contributed by atoms with Crippen LogP contribution in [-0.2, 0) is 0 Å². The number of hydrogen-bond acceptors (Lipinski definition) is 2. The molecule has 0 amide bonds. The van der Waals surface area contributed by atoms with Crippen molar-refractivity contribution in [3.8, 4) is 0 Å². The van der Waals surface area contributed by atoms with Gasteiger partial charge in [0.25, 0.3) is 0 Å². The molecular weight excluding hydrogens is 148 g/mol. The number of thiol groups is 2. The van der Waals surface area contributed by atoms with Gasteiger partial charge in [0.2, 0.25) is 0 Å². The highest BCUT2D eigenvalue weighted by Gasteiger charge is 2.10. The van der Waals surface area contributed by atoms with Gasteiger partial charge in [-0.2, -0.15) is 25.3 Å². The third-order valence-corrected chi connectivity index (χ3v) is 1.63. The van der Waals surface area contributed by atoms with E-state index in [9.17, 15) is 0 Å². The van der Waals surface area contributed by atoms with Gasteiger partial charge in [0.1, 0.15) is 0 Å². The second-order valence-electron chi connectivity index (χ2n) is 2.44. The van der Waals surface area contributed by atoms with E-state index in [4.69, 9.17) is 0 Å². The summed E-state index contributed by atoms with van der Waals surface area (Å²) >= 11 is 8.36. The summed E-state index contributed by atoms with van der Waals surface area (Å²) in [5.74, 6) is 0. The number of unbranched alkanes of at least 4 members (excludes halogenated alkanes) is 2.